The van der Waals surface area contributed by atoms with Gasteiger partial charge in [0.05, 0.1) is 30.1 Å². The molecule has 1 fully saturated rings. The summed E-state index contributed by atoms with van der Waals surface area (Å²) in [6.45, 7) is 5.96. The molecule has 2 aromatic rings. The molecule has 106 valence electrons. The number of hydrogen-bond acceptors (Lipinski definition) is 4. The molecule has 0 saturated carbocycles. The SMILES string of the molecule is CCC1COC(C)CN1c1ccc2cnccc2c1N. The highest BCUT2D eigenvalue weighted by molar-refractivity contribution is 5.98. The molecule has 2 heterocycles. The van der Waals surface area contributed by atoms with E-state index in [1.165, 1.54) is 0 Å². The number of ether oxygens (including phenoxy) is 1. The summed E-state index contributed by atoms with van der Waals surface area (Å²) in [6, 6.07) is 6.59. The average molecular weight is 271 g/mol. The lowest BCUT2D eigenvalue weighted by atomic mass is 10.1. The van der Waals surface area contributed by atoms with E-state index in [1.807, 2.05) is 12.3 Å². The minimum Gasteiger partial charge on any atom is -0.397 e. The van der Waals surface area contributed by atoms with E-state index >= 15 is 0 Å². The number of nitrogen functional groups attached to an aromatic ring is 1. The maximum Gasteiger partial charge on any atom is 0.0723 e. The van der Waals surface area contributed by atoms with Crippen molar-refractivity contribution in [2.24, 2.45) is 0 Å². The Labute approximate surface area is 119 Å². The fourth-order valence-electron chi connectivity index (χ4n) is 2.91. The molecule has 1 aliphatic heterocycles. The molecule has 1 aromatic heterocycles. The summed E-state index contributed by atoms with van der Waals surface area (Å²) in [7, 11) is 0. The number of rotatable bonds is 2. The zero-order chi connectivity index (χ0) is 14.1. The van der Waals surface area contributed by atoms with Crippen molar-refractivity contribution in [1.29, 1.82) is 0 Å². The lowest BCUT2D eigenvalue weighted by Crippen LogP contribution is -2.48. The first kappa shape index (κ1) is 13.2. The molecule has 4 nitrogen and oxygen atoms in total. The van der Waals surface area contributed by atoms with Crippen molar-refractivity contribution < 1.29 is 4.74 Å². The van der Waals surface area contributed by atoms with E-state index in [9.17, 15) is 0 Å². The second-order valence-corrected chi connectivity index (χ2v) is 5.45. The van der Waals surface area contributed by atoms with Gasteiger partial charge in [0.25, 0.3) is 0 Å². The van der Waals surface area contributed by atoms with E-state index in [2.05, 4.69) is 35.9 Å². The van der Waals surface area contributed by atoms with Crippen LogP contribution in [0.5, 0.6) is 0 Å². The summed E-state index contributed by atoms with van der Waals surface area (Å²) in [4.78, 5) is 6.54. The highest BCUT2D eigenvalue weighted by Gasteiger charge is 2.27. The van der Waals surface area contributed by atoms with Crippen LogP contribution in [0.25, 0.3) is 10.8 Å². The van der Waals surface area contributed by atoms with Crippen molar-refractivity contribution in [3.8, 4) is 0 Å². The lowest BCUT2D eigenvalue weighted by molar-refractivity contribution is 0.0300. The van der Waals surface area contributed by atoms with Gasteiger partial charge in [-0.25, -0.2) is 0 Å². The molecule has 0 spiro atoms. The molecule has 20 heavy (non-hydrogen) atoms. The van der Waals surface area contributed by atoms with Gasteiger partial charge in [-0.3, -0.25) is 4.98 Å². The number of fused-ring (bicyclic) bond motifs is 1. The summed E-state index contributed by atoms with van der Waals surface area (Å²) < 4.78 is 5.77. The van der Waals surface area contributed by atoms with Gasteiger partial charge in [0.1, 0.15) is 0 Å². The molecule has 0 amide bonds. The van der Waals surface area contributed by atoms with Gasteiger partial charge in [-0.2, -0.15) is 0 Å². The topological polar surface area (TPSA) is 51.4 Å². The first-order valence-corrected chi connectivity index (χ1v) is 7.21. The first-order valence-electron chi connectivity index (χ1n) is 7.21. The molecule has 2 unspecified atom stereocenters. The van der Waals surface area contributed by atoms with Crippen molar-refractivity contribution in [3.63, 3.8) is 0 Å². The Morgan fingerprint density at radius 1 is 1.40 bits per heavy atom. The fourth-order valence-corrected chi connectivity index (χ4v) is 2.91. The molecule has 1 saturated heterocycles. The highest BCUT2D eigenvalue weighted by atomic mass is 16.5. The van der Waals surface area contributed by atoms with Crippen LogP contribution in [0.2, 0.25) is 0 Å². The molecule has 0 aliphatic carbocycles. The minimum absolute atomic E-state index is 0.241. The van der Waals surface area contributed by atoms with Gasteiger partial charge >= 0.3 is 0 Å². The number of nitrogens with zero attached hydrogens (tertiary/aromatic N) is 2. The monoisotopic (exact) mass is 271 g/mol. The van der Waals surface area contributed by atoms with Crippen molar-refractivity contribution in [2.75, 3.05) is 23.8 Å². The number of morpholine rings is 1. The Kier molecular flexibility index (Phi) is 3.49. The van der Waals surface area contributed by atoms with Gasteiger partial charge in [-0.1, -0.05) is 13.0 Å². The third-order valence-electron chi connectivity index (χ3n) is 4.09. The summed E-state index contributed by atoms with van der Waals surface area (Å²) in [5.74, 6) is 0. The van der Waals surface area contributed by atoms with E-state index in [-0.39, 0.29) is 6.10 Å². The Balaban J connectivity index is 2.06. The second kappa shape index (κ2) is 5.29. The van der Waals surface area contributed by atoms with Crippen molar-refractivity contribution in [3.05, 3.63) is 30.6 Å². The standard InChI is InChI=1S/C16H21N3O/c1-3-13-10-20-11(2)9-19(13)15-5-4-12-8-18-7-6-14(12)16(15)17/h4-8,11,13H,3,9-10,17H2,1-2H3. The van der Waals surface area contributed by atoms with Crippen molar-refractivity contribution in [2.45, 2.75) is 32.4 Å². The number of anilines is 2. The highest BCUT2D eigenvalue weighted by Crippen LogP contribution is 2.34. The predicted octanol–water partition coefficient (Wildman–Crippen LogP) is 2.82. The second-order valence-electron chi connectivity index (χ2n) is 5.45. The van der Waals surface area contributed by atoms with Crippen LogP contribution < -0.4 is 10.6 Å². The van der Waals surface area contributed by atoms with Crippen molar-refractivity contribution in [1.82, 2.24) is 4.98 Å². The normalized spacial score (nSPS) is 23.2. The Morgan fingerprint density at radius 2 is 2.25 bits per heavy atom. The summed E-state index contributed by atoms with van der Waals surface area (Å²) >= 11 is 0. The number of nitrogens with two attached hydrogens (primary N) is 1. The summed E-state index contributed by atoms with van der Waals surface area (Å²) in [5, 5.41) is 2.16. The maximum atomic E-state index is 6.40. The zero-order valence-electron chi connectivity index (χ0n) is 12.0. The van der Waals surface area contributed by atoms with Crippen LogP contribution in [0.1, 0.15) is 20.3 Å². The van der Waals surface area contributed by atoms with E-state index in [4.69, 9.17) is 10.5 Å². The summed E-state index contributed by atoms with van der Waals surface area (Å²) in [6.07, 6.45) is 4.95. The Hall–Kier alpha value is -1.81. The van der Waals surface area contributed by atoms with Gasteiger partial charge < -0.3 is 15.4 Å². The average Bonchev–Trinajstić information content (AvgIpc) is 2.48. The molecular formula is C16H21N3O. The van der Waals surface area contributed by atoms with Crippen LogP contribution in [0.15, 0.2) is 30.6 Å². The van der Waals surface area contributed by atoms with E-state index in [1.54, 1.807) is 6.20 Å². The lowest BCUT2D eigenvalue weighted by Gasteiger charge is -2.40. The van der Waals surface area contributed by atoms with Crippen LogP contribution >= 0.6 is 0 Å². The smallest absolute Gasteiger partial charge is 0.0723 e. The van der Waals surface area contributed by atoms with E-state index in [0.29, 0.717) is 6.04 Å². The van der Waals surface area contributed by atoms with E-state index < -0.39 is 0 Å². The molecule has 2 atom stereocenters. The van der Waals surface area contributed by atoms with Gasteiger partial charge in [0.15, 0.2) is 0 Å². The van der Waals surface area contributed by atoms with Gasteiger partial charge in [0.2, 0.25) is 0 Å². The minimum atomic E-state index is 0.241. The Morgan fingerprint density at radius 3 is 3.05 bits per heavy atom. The van der Waals surface area contributed by atoms with Crippen LogP contribution in [0, 0.1) is 0 Å². The molecule has 2 N–H and O–H groups in total. The van der Waals surface area contributed by atoms with Crippen molar-refractivity contribution >= 4 is 22.1 Å². The molecule has 0 radical (unpaired) electrons. The first-order chi connectivity index (χ1) is 9.70. The van der Waals surface area contributed by atoms with Crippen LogP contribution in [-0.2, 0) is 4.74 Å². The molecular weight excluding hydrogens is 250 g/mol. The third kappa shape index (κ3) is 2.20. The molecule has 0 bridgehead atoms. The molecule has 1 aromatic carbocycles. The maximum absolute atomic E-state index is 6.40. The largest absolute Gasteiger partial charge is 0.397 e. The molecule has 4 heteroatoms. The predicted molar refractivity (Wildman–Crippen MR) is 83.0 cm³/mol. The third-order valence-corrected chi connectivity index (χ3v) is 4.09. The molecule has 1 aliphatic rings. The fraction of sp³-hybridized carbons (Fsp3) is 0.438. The van der Waals surface area contributed by atoms with Gasteiger partial charge in [-0.15, -0.1) is 0 Å². The number of aromatic nitrogens is 1. The van der Waals surface area contributed by atoms with Crippen LogP contribution in [-0.4, -0.2) is 30.3 Å². The van der Waals surface area contributed by atoms with E-state index in [0.717, 1.165) is 41.7 Å². The zero-order valence-corrected chi connectivity index (χ0v) is 12.0. The van der Waals surface area contributed by atoms with Gasteiger partial charge in [-0.05, 0) is 25.5 Å². The number of benzene rings is 1. The van der Waals surface area contributed by atoms with Crippen LogP contribution in [0.3, 0.4) is 0 Å². The summed E-state index contributed by atoms with van der Waals surface area (Å²) in [5.41, 5.74) is 8.36. The number of hydrogen-bond donors (Lipinski definition) is 1. The van der Waals surface area contributed by atoms with Gasteiger partial charge in [0, 0.05) is 29.7 Å². The molecule has 3 rings (SSSR count). The number of pyridine rings is 1. The van der Waals surface area contributed by atoms with Crippen LogP contribution in [0.4, 0.5) is 11.4 Å². The quantitative estimate of drug-likeness (QED) is 0.853. The Bertz CT molecular complexity index is 614.